The number of morpholine rings is 1. The van der Waals surface area contributed by atoms with Gasteiger partial charge in [0.1, 0.15) is 16.4 Å². The lowest BCUT2D eigenvalue weighted by atomic mass is 10.1. The van der Waals surface area contributed by atoms with Gasteiger partial charge in [-0.25, -0.2) is 23.4 Å². The molecular weight excluding hydrogens is 558 g/mol. The van der Waals surface area contributed by atoms with Crippen LogP contribution in [0.3, 0.4) is 0 Å². The molecule has 6 rings (SSSR count). The fourth-order valence-electron chi connectivity index (χ4n) is 5.05. The maximum absolute atomic E-state index is 13.9. The number of sulfone groups is 1. The molecule has 0 radical (unpaired) electrons. The van der Waals surface area contributed by atoms with Crippen LogP contribution in [0.25, 0.3) is 11.4 Å². The van der Waals surface area contributed by atoms with Crippen LogP contribution >= 0.6 is 12.2 Å². The minimum atomic E-state index is -3.65. The van der Waals surface area contributed by atoms with E-state index in [1.165, 1.54) is 0 Å². The zero-order chi connectivity index (χ0) is 28.5. The standard InChI is InChI=1S/C29H31N7O3S2/c1-20-19-39-16-15-36(20)26-17-24(29(11-12-29)41(37,38)23-5-3-2-4-6-23)34-27(35-26)21-7-9-22(10-8-21)33-28(40)32-18-25-30-13-14-31-25/h2-10,13-14,17,20H,11-12,15-16,18-19H2,1H3,(H,30,31)(H2,32,33,40)/t20-/m0/s1. The molecule has 1 saturated heterocycles. The highest BCUT2D eigenvalue weighted by molar-refractivity contribution is 7.92. The Balaban J connectivity index is 1.31. The molecule has 41 heavy (non-hydrogen) atoms. The number of benzene rings is 2. The van der Waals surface area contributed by atoms with Crippen LogP contribution in [-0.4, -0.2) is 59.3 Å². The molecule has 1 saturated carbocycles. The van der Waals surface area contributed by atoms with Gasteiger partial charge in [-0.15, -0.1) is 0 Å². The van der Waals surface area contributed by atoms with Gasteiger partial charge in [-0.05, 0) is 68.4 Å². The van der Waals surface area contributed by atoms with Crippen molar-refractivity contribution in [1.29, 1.82) is 0 Å². The van der Waals surface area contributed by atoms with E-state index < -0.39 is 14.6 Å². The van der Waals surface area contributed by atoms with E-state index in [0.29, 0.717) is 66.5 Å². The van der Waals surface area contributed by atoms with E-state index in [-0.39, 0.29) is 6.04 Å². The van der Waals surface area contributed by atoms with Gasteiger partial charge in [-0.1, -0.05) is 18.2 Å². The van der Waals surface area contributed by atoms with Crippen LogP contribution in [0.2, 0.25) is 0 Å². The van der Waals surface area contributed by atoms with E-state index >= 15 is 0 Å². The zero-order valence-electron chi connectivity index (χ0n) is 22.6. The van der Waals surface area contributed by atoms with Crippen molar-refractivity contribution >= 4 is 38.7 Å². The number of rotatable bonds is 8. The van der Waals surface area contributed by atoms with Crippen molar-refractivity contribution in [2.24, 2.45) is 0 Å². The molecule has 1 aliphatic heterocycles. The van der Waals surface area contributed by atoms with Gasteiger partial charge in [0.15, 0.2) is 20.8 Å². The molecule has 12 heteroatoms. The summed E-state index contributed by atoms with van der Waals surface area (Å²) in [4.78, 5) is 19.5. The highest BCUT2D eigenvalue weighted by Crippen LogP contribution is 2.55. The van der Waals surface area contributed by atoms with Crippen molar-refractivity contribution < 1.29 is 13.2 Å². The van der Waals surface area contributed by atoms with Crippen LogP contribution < -0.4 is 15.5 Å². The summed E-state index contributed by atoms with van der Waals surface area (Å²) < 4.78 is 32.3. The molecule has 212 valence electrons. The molecule has 0 unspecified atom stereocenters. The maximum Gasteiger partial charge on any atom is 0.189 e. The number of aromatic amines is 1. The Labute approximate surface area is 244 Å². The Morgan fingerprint density at radius 1 is 1.15 bits per heavy atom. The first-order valence-electron chi connectivity index (χ1n) is 13.5. The third-order valence-corrected chi connectivity index (χ3v) is 10.3. The highest BCUT2D eigenvalue weighted by Gasteiger charge is 2.58. The van der Waals surface area contributed by atoms with Gasteiger partial charge >= 0.3 is 0 Å². The lowest BCUT2D eigenvalue weighted by molar-refractivity contribution is 0.0985. The maximum atomic E-state index is 13.9. The fraction of sp³-hybridized carbons (Fsp3) is 0.310. The van der Waals surface area contributed by atoms with Crippen molar-refractivity contribution in [2.75, 3.05) is 30.0 Å². The first-order chi connectivity index (χ1) is 19.9. The Hall–Kier alpha value is -3.87. The van der Waals surface area contributed by atoms with Crippen LogP contribution in [0.15, 0.2) is 78.0 Å². The molecule has 0 spiro atoms. The number of nitrogens with zero attached hydrogens (tertiary/aromatic N) is 4. The highest BCUT2D eigenvalue weighted by atomic mass is 32.2. The first-order valence-corrected chi connectivity index (χ1v) is 15.4. The van der Waals surface area contributed by atoms with Crippen LogP contribution in [0, 0.1) is 0 Å². The van der Waals surface area contributed by atoms with Crippen molar-refractivity contribution in [3.8, 4) is 11.4 Å². The van der Waals surface area contributed by atoms with Crippen LogP contribution in [0.1, 0.15) is 31.3 Å². The van der Waals surface area contributed by atoms with E-state index in [0.717, 1.165) is 17.1 Å². The summed E-state index contributed by atoms with van der Waals surface area (Å²) in [6, 6.07) is 18.2. The summed E-state index contributed by atoms with van der Waals surface area (Å²) in [6.45, 7) is 4.39. The number of aromatic nitrogens is 4. The van der Waals surface area contributed by atoms with Gasteiger partial charge in [-0.2, -0.15) is 0 Å². The summed E-state index contributed by atoms with van der Waals surface area (Å²) in [5.41, 5.74) is 2.11. The van der Waals surface area contributed by atoms with Gasteiger partial charge in [0, 0.05) is 36.3 Å². The second kappa shape index (κ2) is 11.2. The topological polar surface area (TPSA) is 125 Å². The number of nitrogens with one attached hydrogen (secondary N) is 3. The van der Waals surface area contributed by atoms with Crippen molar-refractivity contribution in [3.05, 3.63) is 84.6 Å². The summed E-state index contributed by atoms with van der Waals surface area (Å²) >= 11 is 5.41. The summed E-state index contributed by atoms with van der Waals surface area (Å²) in [5, 5.41) is 6.76. The fourth-order valence-corrected chi connectivity index (χ4v) is 7.23. The lowest BCUT2D eigenvalue weighted by Gasteiger charge is -2.34. The Bertz CT molecular complexity index is 1620. The first kappa shape index (κ1) is 27.3. The van der Waals surface area contributed by atoms with Gasteiger partial charge in [-0.3, -0.25) is 0 Å². The summed E-state index contributed by atoms with van der Waals surface area (Å²) in [5.74, 6) is 1.98. The smallest absolute Gasteiger partial charge is 0.189 e. The van der Waals surface area contributed by atoms with Gasteiger partial charge in [0.2, 0.25) is 0 Å². The number of hydrogen-bond donors (Lipinski definition) is 3. The summed E-state index contributed by atoms with van der Waals surface area (Å²) in [6.07, 6.45) is 4.49. The van der Waals surface area contributed by atoms with Crippen LogP contribution in [-0.2, 0) is 25.9 Å². The van der Waals surface area contributed by atoms with E-state index in [1.807, 2.05) is 36.4 Å². The molecule has 4 aromatic rings. The van der Waals surface area contributed by atoms with Gasteiger partial charge in [0.05, 0.1) is 36.4 Å². The molecule has 2 fully saturated rings. The molecule has 2 aliphatic rings. The molecule has 2 aromatic heterocycles. The molecule has 1 aliphatic carbocycles. The molecule has 10 nitrogen and oxygen atoms in total. The number of anilines is 2. The van der Waals surface area contributed by atoms with E-state index in [4.69, 9.17) is 26.9 Å². The SMILES string of the molecule is C[C@H]1COCCN1c1cc(C2(S(=O)(=O)c3ccccc3)CC2)nc(-c2ccc(NC(=S)NCc3ncc[nH]3)cc2)n1. The number of H-pyrrole nitrogens is 1. The van der Waals surface area contributed by atoms with Gasteiger partial charge in [0.25, 0.3) is 0 Å². The quantitative estimate of drug-likeness (QED) is 0.259. The van der Waals surface area contributed by atoms with Crippen molar-refractivity contribution in [1.82, 2.24) is 25.3 Å². The molecular formula is C29H31N7O3S2. The van der Waals surface area contributed by atoms with Crippen molar-refractivity contribution in [2.45, 2.75) is 42.0 Å². The Kier molecular flexibility index (Phi) is 7.45. The van der Waals surface area contributed by atoms with Crippen molar-refractivity contribution in [3.63, 3.8) is 0 Å². The average molecular weight is 590 g/mol. The van der Waals surface area contributed by atoms with E-state index in [1.54, 1.807) is 36.7 Å². The minimum Gasteiger partial charge on any atom is -0.377 e. The molecule has 3 N–H and O–H groups in total. The minimum absolute atomic E-state index is 0.0986. The predicted octanol–water partition coefficient (Wildman–Crippen LogP) is 4.04. The Morgan fingerprint density at radius 2 is 1.93 bits per heavy atom. The van der Waals surface area contributed by atoms with Crippen LogP contribution in [0.4, 0.5) is 11.5 Å². The van der Waals surface area contributed by atoms with Gasteiger partial charge < -0.3 is 25.3 Å². The normalized spacial score (nSPS) is 18.1. The second-order valence-electron chi connectivity index (χ2n) is 10.3. The van der Waals surface area contributed by atoms with Crippen LogP contribution in [0.5, 0.6) is 0 Å². The largest absolute Gasteiger partial charge is 0.377 e. The monoisotopic (exact) mass is 589 g/mol. The lowest BCUT2D eigenvalue weighted by Crippen LogP contribution is -2.44. The molecule has 1 atom stereocenters. The molecule has 3 heterocycles. The number of ether oxygens (including phenoxy) is 1. The van der Waals surface area contributed by atoms with E-state index in [9.17, 15) is 8.42 Å². The van der Waals surface area contributed by atoms with E-state index in [2.05, 4.69) is 32.4 Å². The summed E-state index contributed by atoms with van der Waals surface area (Å²) in [7, 11) is -3.65. The molecule has 0 bridgehead atoms. The number of imidazole rings is 1. The number of thiocarbonyl (C=S) groups is 1. The zero-order valence-corrected chi connectivity index (χ0v) is 24.2. The predicted molar refractivity (Wildman–Crippen MR) is 161 cm³/mol. The third-order valence-electron chi connectivity index (χ3n) is 7.49. The Morgan fingerprint density at radius 3 is 2.61 bits per heavy atom. The average Bonchev–Trinajstić information content (AvgIpc) is 3.66. The molecule has 0 amide bonds. The third kappa shape index (κ3) is 5.54. The second-order valence-corrected chi connectivity index (χ2v) is 13.0. The molecule has 2 aromatic carbocycles. The number of hydrogen-bond acceptors (Lipinski definition) is 8.